The van der Waals surface area contributed by atoms with E-state index in [2.05, 4.69) is 30.9 Å². The van der Waals surface area contributed by atoms with Crippen LogP contribution in [0.25, 0.3) is 0 Å². The number of nitrogens with zero attached hydrogens (tertiary/aromatic N) is 1. The van der Waals surface area contributed by atoms with Crippen molar-refractivity contribution in [2.45, 2.75) is 19.3 Å². The lowest BCUT2D eigenvalue weighted by molar-refractivity contribution is -0.114. The maximum atomic E-state index is 12.4. The van der Waals surface area contributed by atoms with E-state index in [-0.39, 0.29) is 17.8 Å². The van der Waals surface area contributed by atoms with E-state index in [0.29, 0.717) is 17.9 Å². The smallest absolute Gasteiger partial charge is 0.227 e. The number of allylic oxidation sites excluding steroid dienone is 7. The van der Waals surface area contributed by atoms with Crippen LogP contribution in [0.1, 0.15) is 19.4 Å². The Kier molecular flexibility index (Phi) is 4.64. The molecule has 1 aromatic rings. The van der Waals surface area contributed by atoms with E-state index in [1.165, 1.54) is 12.7 Å². The van der Waals surface area contributed by atoms with E-state index in [4.69, 9.17) is 4.74 Å². The SMILES string of the molecule is COC1=CC=C/C(=C/C=C2\N(CCO)c3ccccc3C2(C)C)C1=O. The van der Waals surface area contributed by atoms with Crippen molar-refractivity contribution in [1.29, 1.82) is 0 Å². The van der Waals surface area contributed by atoms with Crippen LogP contribution in [0.5, 0.6) is 0 Å². The summed E-state index contributed by atoms with van der Waals surface area (Å²) < 4.78 is 5.11. The number of rotatable bonds is 4. The molecular weight excluding hydrogens is 314 g/mol. The molecule has 0 unspecified atom stereocenters. The monoisotopic (exact) mass is 337 g/mol. The molecule has 0 fully saturated rings. The Morgan fingerprint density at radius 3 is 2.72 bits per heavy atom. The Labute approximate surface area is 148 Å². The van der Waals surface area contributed by atoms with Crippen molar-refractivity contribution in [2.24, 2.45) is 0 Å². The summed E-state index contributed by atoms with van der Waals surface area (Å²) in [5.41, 5.74) is 3.77. The fourth-order valence-electron chi connectivity index (χ4n) is 3.48. The van der Waals surface area contributed by atoms with Crippen LogP contribution in [0, 0.1) is 0 Å². The topological polar surface area (TPSA) is 49.8 Å². The largest absolute Gasteiger partial charge is 0.493 e. The molecule has 0 spiro atoms. The molecule has 4 nitrogen and oxygen atoms in total. The summed E-state index contributed by atoms with van der Waals surface area (Å²) in [5.74, 6) is 0.220. The molecule has 0 radical (unpaired) electrons. The highest BCUT2D eigenvalue weighted by Crippen LogP contribution is 2.47. The molecule has 0 bridgehead atoms. The van der Waals surface area contributed by atoms with Gasteiger partial charge in [-0.3, -0.25) is 4.79 Å². The second-order valence-corrected chi connectivity index (χ2v) is 6.61. The fraction of sp³-hybridized carbons (Fsp3) is 0.286. The number of ether oxygens (including phenoxy) is 1. The van der Waals surface area contributed by atoms with E-state index in [1.807, 2.05) is 30.4 Å². The van der Waals surface area contributed by atoms with E-state index in [9.17, 15) is 9.90 Å². The number of fused-ring (bicyclic) bond motifs is 1. The zero-order valence-electron chi connectivity index (χ0n) is 14.8. The molecule has 25 heavy (non-hydrogen) atoms. The maximum Gasteiger partial charge on any atom is 0.227 e. The number of aliphatic hydroxyl groups excluding tert-OH is 1. The van der Waals surface area contributed by atoms with Gasteiger partial charge < -0.3 is 14.7 Å². The lowest BCUT2D eigenvalue weighted by Crippen LogP contribution is -2.28. The van der Waals surface area contributed by atoms with Crippen LogP contribution in [0.4, 0.5) is 5.69 Å². The van der Waals surface area contributed by atoms with E-state index in [1.54, 1.807) is 12.2 Å². The van der Waals surface area contributed by atoms with Gasteiger partial charge in [-0.1, -0.05) is 44.2 Å². The normalized spacial score (nSPS) is 21.7. The quantitative estimate of drug-likeness (QED) is 0.857. The highest BCUT2D eigenvalue weighted by molar-refractivity contribution is 6.10. The average molecular weight is 337 g/mol. The number of methoxy groups -OCH3 is 1. The van der Waals surface area contributed by atoms with Gasteiger partial charge >= 0.3 is 0 Å². The molecule has 0 atom stereocenters. The van der Waals surface area contributed by atoms with Crippen molar-refractivity contribution < 1.29 is 14.6 Å². The van der Waals surface area contributed by atoms with Crippen molar-refractivity contribution in [3.8, 4) is 0 Å². The number of hydrogen-bond acceptors (Lipinski definition) is 4. The number of carbonyl (C=O) groups excluding carboxylic acids is 1. The van der Waals surface area contributed by atoms with Gasteiger partial charge in [0.2, 0.25) is 5.78 Å². The predicted molar refractivity (Wildman–Crippen MR) is 99.3 cm³/mol. The van der Waals surface area contributed by atoms with Crippen molar-refractivity contribution in [3.05, 3.63) is 77.2 Å². The van der Waals surface area contributed by atoms with E-state index >= 15 is 0 Å². The van der Waals surface area contributed by atoms with Crippen LogP contribution in [0.15, 0.2) is 71.7 Å². The van der Waals surface area contributed by atoms with Crippen molar-refractivity contribution in [2.75, 3.05) is 25.2 Å². The summed E-state index contributed by atoms with van der Waals surface area (Å²) in [6, 6.07) is 8.22. The Balaban J connectivity index is 2.02. The molecule has 1 N–H and O–H groups in total. The highest BCUT2D eigenvalue weighted by Gasteiger charge is 2.39. The van der Waals surface area contributed by atoms with Gasteiger partial charge in [0.15, 0.2) is 5.76 Å². The second kappa shape index (κ2) is 6.73. The molecule has 3 rings (SSSR count). The van der Waals surface area contributed by atoms with Gasteiger partial charge in [-0.15, -0.1) is 0 Å². The minimum atomic E-state index is -0.204. The third-order valence-electron chi connectivity index (χ3n) is 4.77. The van der Waals surface area contributed by atoms with Gasteiger partial charge in [-0.25, -0.2) is 0 Å². The number of β-amino-alcohol motifs (C(OH)–C–C–N with tert-alkyl or cyclic N) is 1. The van der Waals surface area contributed by atoms with Crippen molar-refractivity contribution in [3.63, 3.8) is 0 Å². The predicted octanol–water partition coefficient (Wildman–Crippen LogP) is 3.26. The molecule has 4 heteroatoms. The third-order valence-corrected chi connectivity index (χ3v) is 4.77. The highest BCUT2D eigenvalue weighted by atomic mass is 16.5. The van der Waals surface area contributed by atoms with Crippen LogP contribution >= 0.6 is 0 Å². The Morgan fingerprint density at radius 1 is 1.24 bits per heavy atom. The number of Topliss-reactive ketones (excluding diaryl/α,β-unsaturated/α-hetero) is 1. The number of benzene rings is 1. The summed E-state index contributed by atoms with van der Waals surface area (Å²) >= 11 is 0. The molecule has 0 amide bonds. The summed E-state index contributed by atoms with van der Waals surface area (Å²) in [5, 5.41) is 9.49. The molecular formula is C21H23NO3. The number of hydrogen-bond donors (Lipinski definition) is 1. The Morgan fingerprint density at radius 2 is 2.00 bits per heavy atom. The summed E-state index contributed by atoms with van der Waals surface area (Å²) in [7, 11) is 1.50. The molecule has 130 valence electrons. The summed E-state index contributed by atoms with van der Waals surface area (Å²) in [6.45, 7) is 4.90. The fourth-order valence-corrected chi connectivity index (χ4v) is 3.48. The first-order valence-electron chi connectivity index (χ1n) is 8.38. The van der Waals surface area contributed by atoms with Crippen LogP contribution in [-0.4, -0.2) is 31.2 Å². The minimum absolute atomic E-state index is 0.0632. The number of ketones is 1. The standard InChI is InChI=1S/C21H23NO3/c1-21(2)16-8-4-5-9-17(16)22(13-14-23)19(21)12-11-15-7-6-10-18(25-3)20(15)24/h4-12,23H,13-14H2,1-3H3/b15-11-,19-12-. The van der Waals surface area contributed by atoms with Crippen LogP contribution in [0.3, 0.4) is 0 Å². The molecule has 0 aromatic heterocycles. The second-order valence-electron chi connectivity index (χ2n) is 6.61. The average Bonchev–Trinajstić information content (AvgIpc) is 2.82. The lowest BCUT2D eigenvalue weighted by atomic mass is 9.83. The third kappa shape index (κ3) is 2.94. The summed E-state index contributed by atoms with van der Waals surface area (Å²) in [4.78, 5) is 14.5. The number of anilines is 1. The molecule has 1 aliphatic carbocycles. The Hall–Kier alpha value is -2.59. The molecule has 2 aliphatic rings. The molecule has 1 aliphatic heterocycles. The first-order valence-corrected chi connectivity index (χ1v) is 8.38. The molecule has 1 aromatic carbocycles. The van der Waals surface area contributed by atoms with E-state index < -0.39 is 0 Å². The lowest BCUT2D eigenvalue weighted by Gasteiger charge is -2.26. The Bertz CT molecular complexity index is 812. The molecule has 0 saturated heterocycles. The molecule has 0 saturated carbocycles. The van der Waals surface area contributed by atoms with Gasteiger partial charge in [0.25, 0.3) is 0 Å². The zero-order chi connectivity index (χ0) is 18.0. The molecule has 1 heterocycles. The van der Waals surface area contributed by atoms with Crippen LogP contribution < -0.4 is 4.90 Å². The number of aliphatic hydroxyl groups is 1. The number of carbonyl (C=O) groups is 1. The van der Waals surface area contributed by atoms with Crippen molar-refractivity contribution in [1.82, 2.24) is 0 Å². The van der Waals surface area contributed by atoms with Crippen molar-refractivity contribution >= 4 is 11.5 Å². The van der Waals surface area contributed by atoms with Crippen LogP contribution in [-0.2, 0) is 14.9 Å². The zero-order valence-corrected chi connectivity index (χ0v) is 14.8. The van der Waals surface area contributed by atoms with Gasteiger partial charge in [0, 0.05) is 28.9 Å². The maximum absolute atomic E-state index is 12.4. The first-order chi connectivity index (χ1) is 12.0. The van der Waals surface area contributed by atoms with Gasteiger partial charge in [0.1, 0.15) is 0 Å². The summed E-state index contributed by atoms with van der Waals surface area (Å²) in [6.07, 6.45) is 9.07. The first kappa shape index (κ1) is 17.2. The van der Waals surface area contributed by atoms with E-state index in [0.717, 1.165) is 11.4 Å². The number of para-hydroxylation sites is 1. The van der Waals surface area contributed by atoms with Gasteiger partial charge in [-0.2, -0.15) is 0 Å². The minimum Gasteiger partial charge on any atom is -0.493 e. The van der Waals surface area contributed by atoms with Gasteiger partial charge in [-0.05, 0) is 29.9 Å². The van der Waals surface area contributed by atoms with Crippen LogP contribution in [0.2, 0.25) is 0 Å². The van der Waals surface area contributed by atoms with Gasteiger partial charge in [0.05, 0.1) is 13.7 Å².